The molecule has 0 radical (unpaired) electrons. The highest BCUT2D eigenvalue weighted by molar-refractivity contribution is 7.90. The third-order valence-electron chi connectivity index (χ3n) is 4.64. The van der Waals surface area contributed by atoms with Crippen molar-refractivity contribution in [2.24, 2.45) is 4.99 Å². The van der Waals surface area contributed by atoms with Gasteiger partial charge in [-0.15, -0.1) is 11.3 Å². The quantitative estimate of drug-likeness (QED) is 0.653. The highest BCUT2D eigenvalue weighted by Crippen LogP contribution is 2.33. The van der Waals surface area contributed by atoms with E-state index < -0.39 is 15.9 Å². The molecule has 0 saturated heterocycles. The fraction of sp³-hybridized carbons (Fsp3) is 0.200. The van der Waals surface area contributed by atoms with Crippen molar-refractivity contribution >= 4 is 48.9 Å². The van der Waals surface area contributed by atoms with Gasteiger partial charge in [-0.05, 0) is 49.2 Å². The summed E-state index contributed by atoms with van der Waals surface area (Å²) in [5.41, 5.74) is 0.897. The minimum absolute atomic E-state index is 0.0315. The lowest BCUT2D eigenvalue weighted by atomic mass is 10.1. The number of nitrogens with one attached hydrogen (secondary N) is 2. The molecule has 2 N–H and O–H groups in total. The number of benzene rings is 2. The van der Waals surface area contributed by atoms with Gasteiger partial charge in [0.2, 0.25) is 0 Å². The molecule has 6 nitrogen and oxygen atoms in total. The van der Waals surface area contributed by atoms with Crippen molar-refractivity contribution < 1.29 is 17.6 Å². The van der Waals surface area contributed by atoms with E-state index in [1.54, 1.807) is 31.2 Å². The lowest BCUT2D eigenvalue weighted by Gasteiger charge is -2.10. The first kappa shape index (κ1) is 19.5. The number of thiophene rings is 1. The molecule has 0 atom stereocenters. The lowest BCUT2D eigenvalue weighted by molar-refractivity contribution is 0.103. The highest BCUT2D eigenvalue weighted by atomic mass is 32.2. The van der Waals surface area contributed by atoms with Gasteiger partial charge in [0.1, 0.15) is 11.7 Å². The first-order chi connectivity index (χ1) is 13.8. The molecule has 9 heteroatoms. The second-order valence-corrected chi connectivity index (χ2v) is 9.42. The van der Waals surface area contributed by atoms with Gasteiger partial charge in [0.05, 0.1) is 9.77 Å². The molecule has 3 aromatic rings. The molecule has 0 unspecified atom stereocenters. The first-order valence-corrected chi connectivity index (χ1v) is 11.3. The summed E-state index contributed by atoms with van der Waals surface area (Å²) in [5.74, 6) is -0.336. The summed E-state index contributed by atoms with van der Waals surface area (Å²) in [6.45, 7) is 2.31. The van der Waals surface area contributed by atoms with Crippen molar-refractivity contribution in [3.63, 3.8) is 0 Å². The van der Waals surface area contributed by atoms with E-state index in [-0.39, 0.29) is 10.7 Å². The van der Waals surface area contributed by atoms with Crippen molar-refractivity contribution in [1.82, 2.24) is 4.72 Å². The monoisotopic (exact) mass is 431 g/mol. The van der Waals surface area contributed by atoms with Gasteiger partial charge in [-0.2, -0.15) is 0 Å². The highest BCUT2D eigenvalue weighted by Gasteiger charge is 2.21. The maximum absolute atomic E-state index is 14.1. The average molecular weight is 432 g/mol. The minimum atomic E-state index is -3.78. The number of hydrogen-bond donors (Lipinski definition) is 2. The molecule has 2 heterocycles. The van der Waals surface area contributed by atoms with E-state index >= 15 is 0 Å². The van der Waals surface area contributed by atoms with Gasteiger partial charge in [0, 0.05) is 28.7 Å². The van der Waals surface area contributed by atoms with Gasteiger partial charge in [-0.25, -0.2) is 12.8 Å². The molecule has 0 bridgehead atoms. The molecule has 2 aromatic carbocycles. The Bertz CT molecular complexity index is 1250. The minimum Gasteiger partial charge on any atom is -0.321 e. The Balaban J connectivity index is 1.59. The second kappa shape index (κ2) is 7.57. The number of amidine groups is 1. The zero-order valence-electron chi connectivity index (χ0n) is 15.5. The number of fused-ring (bicyclic) bond motifs is 1. The molecule has 1 aliphatic heterocycles. The fourth-order valence-corrected chi connectivity index (χ4v) is 5.49. The molecule has 0 aliphatic carbocycles. The van der Waals surface area contributed by atoms with Crippen molar-refractivity contribution in [3.8, 4) is 0 Å². The summed E-state index contributed by atoms with van der Waals surface area (Å²) in [4.78, 5) is 17.3. The van der Waals surface area contributed by atoms with Crippen LogP contribution in [-0.2, 0) is 10.0 Å². The van der Waals surface area contributed by atoms with Gasteiger partial charge in [0.15, 0.2) is 0 Å². The van der Waals surface area contributed by atoms with Gasteiger partial charge < -0.3 is 5.32 Å². The average Bonchev–Trinajstić information content (AvgIpc) is 3.30. The molecule has 1 aliphatic rings. The van der Waals surface area contributed by atoms with Crippen molar-refractivity contribution in [1.29, 1.82) is 0 Å². The summed E-state index contributed by atoms with van der Waals surface area (Å²) >= 11 is 1.20. The zero-order valence-corrected chi connectivity index (χ0v) is 17.2. The summed E-state index contributed by atoms with van der Waals surface area (Å²) < 4.78 is 42.4. The molecule has 4 rings (SSSR count). The number of sulfonamides is 1. The molecule has 0 fully saturated rings. The van der Waals surface area contributed by atoms with Gasteiger partial charge in [-0.3, -0.25) is 14.5 Å². The number of amides is 1. The molecule has 1 aromatic heterocycles. The number of aryl methyl sites for hydroxylation is 1. The number of aliphatic imine (C=N–C) groups is 1. The molecule has 0 spiro atoms. The topological polar surface area (TPSA) is 87.6 Å². The molecule has 29 heavy (non-hydrogen) atoms. The molecule has 1 amide bonds. The first-order valence-electron chi connectivity index (χ1n) is 9.00. The third kappa shape index (κ3) is 3.88. The Hall–Kier alpha value is -2.78. The van der Waals surface area contributed by atoms with Crippen LogP contribution in [0, 0.1) is 12.7 Å². The lowest BCUT2D eigenvalue weighted by Crippen LogP contribution is -2.29. The van der Waals surface area contributed by atoms with Crippen LogP contribution in [0.5, 0.6) is 0 Å². The Morgan fingerprint density at radius 3 is 2.72 bits per heavy atom. The van der Waals surface area contributed by atoms with Crippen LogP contribution in [0.1, 0.15) is 28.1 Å². The summed E-state index contributed by atoms with van der Waals surface area (Å²) in [6.07, 6.45) is 1.42. The number of carbonyl (C=O) groups is 1. The third-order valence-corrected chi connectivity index (χ3v) is 7.27. The van der Waals surface area contributed by atoms with Crippen molar-refractivity contribution in [3.05, 3.63) is 58.7 Å². The Morgan fingerprint density at radius 2 is 2.00 bits per heavy atom. The van der Waals surface area contributed by atoms with Crippen LogP contribution in [0.25, 0.3) is 10.1 Å². The van der Waals surface area contributed by atoms with Gasteiger partial charge >= 0.3 is 0 Å². The number of anilines is 1. The number of hydrogen-bond acceptors (Lipinski definition) is 5. The normalized spacial score (nSPS) is 14.1. The fourth-order valence-electron chi connectivity index (χ4n) is 3.24. The summed E-state index contributed by atoms with van der Waals surface area (Å²) in [6, 6.07) is 10.7. The smallest absolute Gasteiger partial charge is 0.266 e. The Labute approximate surface area is 171 Å². The molecular formula is C20H18FN3O3S2. The van der Waals surface area contributed by atoms with Crippen molar-refractivity contribution in [2.45, 2.75) is 24.7 Å². The number of nitrogens with zero attached hydrogens (tertiary/aromatic N) is 1. The molecular weight excluding hydrogens is 413 g/mol. The maximum Gasteiger partial charge on any atom is 0.266 e. The Morgan fingerprint density at radius 1 is 1.21 bits per heavy atom. The summed E-state index contributed by atoms with van der Waals surface area (Å²) in [7, 11) is -3.78. The van der Waals surface area contributed by atoms with E-state index in [0.29, 0.717) is 45.0 Å². The zero-order chi connectivity index (χ0) is 20.6. The summed E-state index contributed by atoms with van der Waals surface area (Å²) in [5, 5.41) is 3.14. The van der Waals surface area contributed by atoms with Crippen LogP contribution in [0.4, 0.5) is 10.1 Å². The number of halogens is 1. The SMILES string of the molecule is Cc1c(C(=O)Nc2cccc(S(=O)(=O)NC3=NCCC3)c2)sc2cccc(F)c12. The van der Waals surface area contributed by atoms with E-state index in [2.05, 4.69) is 15.0 Å². The number of carbonyl (C=O) groups excluding carboxylic acids is 1. The molecule has 150 valence electrons. The van der Waals surface area contributed by atoms with Crippen molar-refractivity contribution in [2.75, 3.05) is 11.9 Å². The largest absolute Gasteiger partial charge is 0.321 e. The predicted octanol–water partition coefficient (Wildman–Crippen LogP) is 4.07. The van der Waals surface area contributed by atoms with Crippen LogP contribution in [0.3, 0.4) is 0 Å². The van der Waals surface area contributed by atoms with E-state index in [4.69, 9.17) is 0 Å². The van der Waals surface area contributed by atoms with Crippen LogP contribution in [0.2, 0.25) is 0 Å². The molecule has 0 saturated carbocycles. The second-order valence-electron chi connectivity index (χ2n) is 6.69. The standard InChI is InChI=1S/C20H18FN3O3S2/c1-12-18-15(21)7-3-8-16(18)28-19(12)20(25)23-13-5-2-6-14(11-13)29(26,27)24-17-9-4-10-22-17/h2-3,5-8,11H,4,9-10H2,1H3,(H,22,24)(H,23,25). The van der Waals surface area contributed by atoms with Crippen LogP contribution in [-0.4, -0.2) is 26.7 Å². The van der Waals surface area contributed by atoms with Crippen LogP contribution in [0.15, 0.2) is 52.4 Å². The maximum atomic E-state index is 14.1. The van der Waals surface area contributed by atoms with E-state index in [1.165, 1.54) is 29.5 Å². The van der Waals surface area contributed by atoms with Gasteiger partial charge in [0.25, 0.3) is 15.9 Å². The van der Waals surface area contributed by atoms with E-state index in [0.717, 1.165) is 6.42 Å². The number of rotatable bonds is 4. The van der Waals surface area contributed by atoms with E-state index in [1.807, 2.05) is 0 Å². The van der Waals surface area contributed by atoms with Crippen LogP contribution >= 0.6 is 11.3 Å². The van der Waals surface area contributed by atoms with E-state index in [9.17, 15) is 17.6 Å². The van der Waals surface area contributed by atoms with Crippen LogP contribution < -0.4 is 10.0 Å². The predicted molar refractivity (Wildman–Crippen MR) is 113 cm³/mol. The Kier molecular flexibility index (Phi) is 5.10. The van der Waals surface area contributed by atoms with Gasteiger partial charge in [-0.1, -0.05) is 12.1 Å².